The number of fused-ring (bicyclic) bond motifs is 5. The zero-order valence-corrected chi connectivity index (χ0v) is 14.9. The highest BCUT2D eigenvalue weighted by Crippen LogP contribution is 2.66. The van der Waals surface area contributed by atoms with E-state index in [4.69, 9.17) is 0 Å². The quantitative estimate of drug-likeness (QED) is 0.701. The SMILES string of the molecule is CC(=O)[C@H]1CC[C@@H]2[C@H]3CCC4=CC(=O)CC[C@@]4(C)[C@@H]3CC[C@]12C. The topological polar surface area (TPSA) is 34.1 Å². The Kier molecular flexibility index (Phi) is 3.42. The van der Waals surface area contributed by atoms with Crippen molar-refractivity contribution in [1.82, 2.24) is 0 Å². The lowest BCUT2D eigenvalue weighted by Crippen LogP contribution is -2.51. The molecule has 0 heterocycles. The number of rotatable bonds is 1. The molecule has 0 spiro atoms. The van der Waals surface area contributed by atoms with Crippen LogP contribution in [-0.2, 0) is 9.59 Å². The molecule has 0 unspecified atom stereocenters. The minimum absolute atomic E-state index is 0.245. The first-order valence-corrected chi connectivity index (χ1v) is 9.60. The fourth-order valence-corrected chi connectivity index (χ4v) is 7.23. The third-order valence-corrected chi connectivity index (χ3v) is 8.45. The van der Waals surface area contributed by atoms with Crippen LogP contribution in [0.15, 0.2) is 11.6 Å². The molecule has 4 rings (SSSR count). The summed E-state index contributed by atoms with van der Waals surface area (Å²) in [5, 5.41) is 0. The molecular formula is C21H30O2. The van der Waals surface area contributed by atoms with E-state index in [9.17, 15) is 9.59 Å². The molecule has 0 aromatic rings. The Balaban J connectivity index is 1.67. The van der Waals surface area contributed by atoms with Crippen molar-refractivity contribution in [3.8, 4) is 0 Å². The van der Waals surface area contributed by atoms with E-state index in [1.54, 1.807) is 6.92 Å². The predicted octanol–water partition coefficient (Wildman–Crippen LogP) is 4.72. The number of ketones is 2. The number of carbonyl (C=O) groups excluding carboxylic acids is 2. The van der Waals surface area contributed by atoms with Crippen molar-refractivity contribution in [2.24, 2.45) is 34.5 Å². The van der Waals surface area contributed by atoms with E-state index in [2.05, 4.69) is 13.8 Å². The van der Waals surface area contributed by atoms with Crippen molar-refractivity contribution in [2.75, 3.05) is 0 Å². The van der Waals surface area contributed by atoms with Crippen LogP contribution in [0.25, 0.3) is 0 Å². The molecule has 126 valence electrons. The smallest absolute Gasteiger partial charge is 0.155 e. The molecule has 2 nitrogen and oxygen atoms in total. The number of carbonyl (C=O) groups is 2. The third-order valence-electron chi connectivity index (χ3n) is 8.45. The first-order valence-electron chi connectivity index (χ1n) is 9.60. The second-order valence-corrected chi connectivity index (χ2v) is 9.25. The van der Waals surface area contributed by atoms with Gasteiger partial charge in [-0.05, 0) is 86.5 Å². The molecule has 3 saturated carbocycles. The molecule has 2 heteroatoms. The molecule has 0 aromatic heterocycles. The summed E-state index contributed by atoms with van der Waals surface area (Å²) in [5.74, 6) is 3.29. The Hall–Kier alpha value is -0.920. The van der Waals surface area contributed by atoms with Crippen molar-refractivity contribution in [1.29, 1.82) is 0 Å². The van der Waals surface area contributed by atoms with Gasteiger partial charge >= 0.3 is 0 Å². The van der Waals surface area contributed by atoms with Gasteiger partial charge in [-0.3, -0.25) is 9.59 Å². The van der Waals surface area contributed by atoms with Crippen LogP contribution in [0, 0.1) is 34.5 Å². The maximum Gasteiger partial charge on any atom is 0.155 e. The van der Waals surface area contributed by atoms with Gasteiger partial charge in [-0.1, -0.05) is 19.4 Å². The standard InChI is InChI=1S/C21H30O2/c1-13(22)17-6-7-18-16-5-4-14-12-15(23)8-10-20(14,2)19(16)9-11-21(17,18)3/h12,16-19H,4-11H2,1-3H3/t16-,17-,18-,19-,20-,21-/m1/s1. The van der Waals surface area contributed by atoms with E-state index in [0.29, 0.717) is 17.5 Å². The van der Waals surface area contributed by atoms with E-state index in [1.807, 2.05) is 6.08 Å². The molecule has 3 fully saturated rings. The molecular weight excluding hydrogens is 284 g/mol. The summed E-state index contributed by atoms with van der Waals surface area (Å²) >= 11 is 0. The minimum atomic E-state index is 0.245. The molecule has 0 radical (unpaired) electrons. The molecule has 0 bridgehead atoms. The molecule has 0 aromatic carbocycles. The largest absolute Gasteiger partial charge is 0.300 e. The summed E-state index contributed by atoms with van der Waals surface area (Å²) in [5.41, 5.74) is 1.95. The van der Waals surface area contributed by atoms with Gasteiger partial charge in [-0.2, -0.15) is 0 Å². The van der Waals surface area contributed by atoms with Gasteiger partial charge in [0.15, 0.2) is 5.78 Å². The van der Waals surface area contributed by atoms with Crippen molar-refractivity contribution in [2.45, 2.75) is 72.1 Å². The number of hydrogen-bond acceptors (Lipinski definition) is 2. The van der Waals surface area contributed by atoms with Crippen LogP contribution in [-0.4, -0.2) is 11.6 Å². The zero-order chi connectivity index (χ0) is 16.4. The van der Waals surface area contributed by atoms with Gasteiger partial charge in [-0.25, -0.2) is 0 Å². The molecule has 6 atom stereocenters. The predicted molar refractivity (Wildman–Crippen MR) is 90.9 cm³/mol. The second-order valence-electron chi connectivity index (χ2n) is 9.25. The first-order chi connectivity index (χ1) is 10.9. The van der Waals surface area contributed by atoms with E-state index in [0.717, 1.165) is 43.4 Å². The van der Waals surface area contributed by atoms with Gasteiger partial charge in [-0.15, -0.1) is 0 Å². The highest BCUT2D eigenvalue weighted by atomic mass is 16.1. The lowest BCUT2D eigenvalue weighted by Gasteiger charge is -2.58. The highest BCUT2D eigenvalue weighted by Gasteiger charge is 2.59. The van der Waals surface area contributed by atoms with Gasteiger partial charge in [0.2, 0.25) is 0 Å². The lowest BCUT2D eigenvalue weighted by atomic mass is 9.47. The van der Waals surface area contributed by atoms with Gasteiger partial charge in [0, 0.05) is 12.3 Å². The Morgan fingerprint density at radius 2 is 1.83 bits per heavy atom. The van der Waals surface area contributed by atoms with Gasteiger partial charge in [0.05, 0.1) is 0 Å². The fourth-order valence-electron chi connectivity index (χ4n) is 7.23. The summed E-state index contributed by atoms with van der Waals surface area (Å²) in [6.07, 6.45) is 10.9. The number of Topliss-reactive ketones (excluding diaryl/α,β-unsaturated/α-hetero) is 1. The second kappa shape index (κ2) is 5.04. The van der Waals surface area contributed by atoms with Crippen LogP contribution < -0.4 is 0 Å². The maximum absolute atomic E-state index is 12.1. The van der Waals surface area contributed by atoms with Gasteiger partial charge in [0.1, 0.15) is 5.78 Å². The Bertz CT molecular complexity index is 589. The van der Waals surface area contributed by atoms with Crippen LogP contribution in [0.1, 0.15) is 72.1 Å². The van der Waals surface area contributed by atoms with Crippen molar-refractivity contribution in [3.05, 3.63) is 11.6 Å². The molecule has 4 aliphatic rings. The van der Waals surface area contributed by atoms with E-state index < -0.39 is 0 Å². The summed E-state index contributed by atoms with van der Waals surface area (Å²) in [7, 11) is 0. The normalized spacial score (nSPS) is 49.0. The Labute approximate surface area is 140 Å². The Morgan fingerprint density at radius 3 is 2.57 bits per heavy atom. The maximum atomic E-state index is 12.1. The Morgan fingerprint density at radius 1 is 1.04 bits per heavy atom. The van der Waals surface area contributed by atoms with Crippen molar-refractivity contribution in [3.63, 3.8) is 0 Å². The monoisotopic (exact) mass is 314 g/mol. The molecule has 23 heavy (non-hydrogen) atoms. The first kappa shape index (κ1) is 15.6. The molecule has 0 aliphatic heterocycles. The van der Waals surface area contributed by atoms with E-state index in [-0.39, 0.29) is 10.8 Å². The fraction of sp³-hybridized carbons (Fsp3) is 0.810. The van der Waals surface area contributed by atoms with Gasteiger partial charge in [0.25, 0.3) is 0 Å². The average molecular weight is 314 g/mol. The third kappa shape index (κ3) is 2.06. The summed E-state index contributed by atoms with van der Waals surface area (Å²) in [6.45, 7) is 6.65. The van der Waals surface area contributed by atoms with E-state index in [1.165, 1.54) is 31.3 Å². The summed E-state index contributed by atoms with van der Waals surface area (Å²) in [4.78, 5) is 24.0. The number of allylic oxidation sites excluding steroid dienone is 1. The molecule has 0 amide bonds. The molecule has 0 N–H and O–H groups in total. The number of hydrogen-bond donors (Lipinski definition) is 0. The van der Waals surface area contributed by atoms with Crippen LogP contribution in [0.3, 0.4) is 0 Å². The lowest BCUT2D eigenvalue weighted by molar-refractivity contribution is -0.128. The summed E-state index contributed by atoms with van der Waals surface area (Å²) < 4.78 is 0. The van der Waals surface area contributed by atoms with Gasteiger partial charge < -0.3 is 0 Å². The highest BCUT2D eigenvalue weighted by molar-refractivity contribution is 5.91. The van der Waals surface area contributed by atoms with Crippen LogP contribution in [0.4, 0.5) is 0 Å². The van der Waals surface area contributed by atoms with Crippen molar-refractivity contribution < 1.29 is 9.59 Å². The zero-order valence-electron chi connectivity index (χ0n) is 14.9. The van der Waals surface area contributed by atoms with E-state index >= 15 is 0 Å². The van der Waals surface area contributed by atoms with Crippen LogP contribution >= 0.6 is 0 Å². The minimum Gasteiger partial charge on any atom is -0.300 e. The molecule has 4 aliphatic carbocycles. The summed E-state index contributed by atoms with van der Waals surface area (Å²) in [6, 6.07) is 0. The molecule has 0 saturated heterocycles. The average Bonchev–Trinajstić information content (AvgIpc) is 2.85. The van der Waals surface area contributed by atoms with Crippen LogP contribution in [0.5, 0.6) is 0 Å². The van der Waals surface area contributed by atoms with Crippen LogP contribution in [0.2, 0.25) is 0 Å². The van der Waals surface area contributed by atoms with Crippen molar-refractivity contribution >= 4 is 11.6 Å².